The van der Waals surface area contributed by atoms with E-state index < -0.39 is 0 Å². The molecule has 1 aliphatic heterocycles. The lowest BCUT2D eigenvalue weighted by Crippen LogP contribution is -2.33. The highest BCUT2D eigenvalue weighted by atomic mass is 16.1. The maximum absolute atomic E-state index is 11.7. The lowest BCUT2D eigenvalue weighted by Gasteiger charge is -2.14. The molecule has 6 heteroatoms. The summed E-state index contributed by atoms with van der Waals surface area (Å²) in [6.07, 6.45) is 7.23. The molecule has 2 N–H and O–H groups in total. The zero-order chi connectivity index (χ0) is 18.6. The van der Waals surface area contributed by atoms with Gasteiger partial charge in [0.05, 0.1) is 17.1 Å². The number of aryl methyl sites for hydroxylation is 1. The first kappa shape index (κ1) is 17.2. The lowest BCUT2D eigenvalue weighted by molar-refractivity contribution is -0.121. The molecule has 1 fully saturated rings. The second kappa shape index (κ2) is 7.58. The van der Waals surface area contributed by atoms with E-state index in [4.69, 9.17) is 5.26 Å². The Balaban J connectivity index is 1.48. The second-order valence-electron chi connectivity index (χ2n) is 7.02. The van der Waals surface area contributed by atoms with Crippen molar-refractivity contribution in [2.45, 2.75) is 44.6 Å². The summed E-state index contributed by atoms with van der Waals surface area (Å²) in [6, 6.07) is 11.9. The number of aromatic nitrogens is 3. The molecule has 0 saturated carbocycles. The highest BCUT2D eigenvalue weighted by Crippen LogP contribution is 2.23. The van der Waals surface area contributed by atoms with Gasteiger partial charge in [0.25, 0.3) is 0 Å². The van der Waals surface area contributed by atoms with Crippen LogP contribution in [0, 0.1) is 11.3 Å². The van der Waals surface area contributed by atoms with Crippen LogP contribution in [0.1, 0.15) is 43.5 Å². The maximum Gasteiger partial charge on any atom is 0.220 e. The van der Waals surface area contributed by atoms with Gasteiger partial charge >= 0.3 is 0 Å². The van der Waals surface area contributed by atoms with Crippen molar-refractivity contribution < 1.29 is 4.79 Å². The summed E-state index contributed by atoms with van der Waals surface area (Å²) in [5.74, 6) is 1.06. The molecule has 1 saturated heterocycles. The molecule has 27 heavy (non-hydrogen) atoms. The third-order valence-electron chi connectivity index (χ3n) is 5.03. The number of amides is 1. The van der Waals surface area contributed by atoms with Gasteiger partial charge in [-0.25, -0.2) is 9.97 Å². The average Bonchev–Trinajstić information content (AvgIpc) is 2.99. The predicted octanol–water partition coefficient (Wildman–Crippen LogP) is 3.49. The number of fused-ring (bicyclic) bond motifs is 1. The van der Waals surface area contributed by atoms with Crippen molar-refractivity contribution in [3.63, 3.8) is 0 Å². The van der Waals surface area contributed by atoms with E-state index in [1.54, 1.807) is 18.3 Å². The van der Waals surface area contributed by atoms with Crippen LogP contribution in [0.25, 0.3) is 22.3 Å². The largest absolute Gasteiger partial charge is 0.353 e. The fraction of sp³-hybridized carbons (Fsp3) is 0.333. The Hall–Kier alpha value is -3.20. The molecule has 3 heterocycles. The van der Waals surface area contributed by atoms with Crippen LogP contribution in [-0.4, -0.2) is 26.9 Å². The maximum atomic E-state index is 11.7. The molecule has 6 nitrogen and oxygen atoms in total. The van der Waals surface area contributed by atoms with Crippen molar-refractivity contribution in [1.82, 2.24) is 20.3 Å². The van der Waals surface area contributed by atoms with Crippen LogP contribution in [0.3, 0.4) is 0 Å². The normalized spacial score (nSPS) is 17.3. The van der Waals surface area contributed by atoms with Crippen LogP contribution in [0.15, 0.2) is 36.5 Å². The van der Waals surface area contributed by atoms with E-state index in [0.717, 1.165) is 54.6 Å². The molecule has 1 aromatic carbocycles. The molecular weight excluding hydrogens is 338 g/mol. The highest BCUT2D eigenvalue weighted by molar-refractivity contribution is 5.78. The number of pyridine rings is 1. The van der Waals surface area contributed by atoms with Crippen LogP contribution in [0.5, 0.6) is 0 Å². The number of nitrogens with zero attached hydrogens (tertiary/aromatic N) is 3. The lowest BCUT2D eigenvalue weighted by atomic mass is 10.1. The van der Waals surface area contributed by atoms with Crippen molar-refractivity contribution in [2.75, 3.05) is 0 Å². The van der Waals surface area contributed by atoms with E-state index in [-0.39, 0.29) is 11.9 Å². The summed E-state index contributed by atoms with van der Waals surface area (Å²) in [6.45, 7) is 0. The van der Waals surface area contributed by atoms with Crippen LogP contribution in [0.2, 0.25) is 0 Å². The number of nitrogens with one attached hydrogen (secondary N) is 2. The first-order chi connectivity index (χ1) is 13.2. The van der Waals surface area contributed by atoms with E-state index >= 15 is 0 Å². The number of rotatable bonds is 4. The van der Waals surface area contributed by atoms with Gasteiger partial charge in [0.2, 0.25) is 5.91 Å². The second-order valence-corrected chi connectivity index (χ2v) is 7.02. The number of hydrogen-bond acceptors (Lipinski definition) is 4. The highest BCUT2D eigenvalue weighted by Gasteiger charge is 2.17. The number of benzene rings is 1. The summed E-state index contributed by atoms with van der Waals surface area (Å²) in [7, 11) is 0. The van der Waals surface area contributed by atoms with Gasteiger partial charge in [-0.2, -0.15) is 5.26 Å². The van der Waals surface area contributed by atoms with E-state index in [1.807, 2.05) is 18.2 Å². The molecule has 4 rings (SSSR count). The van der Waals surface area contributed by atoms with Gasteiger partial charge in [-0.05, 0) is 43.0 Å². The minimum absolute atomic E-state index is 0.163. The number of H-pyrrole nitrogens is 1. The Morgan fingerprint density at radius 2 is 2.04 bits per heavy atom. The molecule has 136 valence electrons. The Morgan fingerprint density at radius 3 is 2.85 bits per heavy atom. The number of imidazole rings is 1. The predicted molar refractivity (Wildman–Crippen MR) is 103 cm³/mol. The first-order valence-electron chi connectivity index (χ1n) is 9.36. The van der Waals surface area contributed by atoms with Crippen molar-refractivity contribution >= 4 is 17.1 Å². The van der Waals surface area contributed by atoms with Gasteiger partial charge in [0, 0.05) is 30.6 Å². The standard InChI is InChI=1S/C21H21N5O/c22-12-14-5-7-15(8-6-14)16-11-18-21(23-13-16)26-19(25-18)10-9-17-3-1-2-4-20(27)24-17/h5-8,11,13,17H,1-4,9-10H2,(H,24,27)(H,23,25,26). The Bertz CT molecular complexity index is 1000. The molecular formula is C21H21N5O. The first-order valence-corrected chi connectivity index (χ1v) is 9.36. The molecule has 3 aromatic rings. The zero-order valence-corrected chi connectivity index (χ0v) is 15.0. The topological polar surface area (TPSA) is 94.5 Å². The van der Waals surface area contributed by atoms with Gasteiger partial charge in [-0.3, -0.25) is 4.79 Å². The molecule has 1 aliphatic rings. The fourth-order valence-corrected chi connectivity index (χ4v) is 3.54. The molecule has 1 atom stereocenters. The van der Waals surface area contributed by atoms with Gasteiger partial charge < -0.3 is 10.3 Å². The Morgan fingerprint density at radius 1 is 1.19 bits per heavy atom. The molecule has 1 amide bonds. The van der Waals surface area contributed by atoms with Crippen LogP contribution < -0.4 is 5.32 Å². The van der Waals surface area contributed by atoms with Gasteiger partial charge in [0.1, 0.15) is 5.82 Å². The third-order valence-corrected chi connectivity index (χ3v) is 5.03. The SMILES string of the molecule is N#Cc1ccc(-c2cnc3nc(CCC4CCCCC(=O)N4)[nH]c3c2)cc1. The van der Waals surface area contributed by atoms with Crippen molar-refractivity contribution in [1.29, 1.82) is 5.26 Å². The average molecular weight is 359 g/mol. The Kier molecular flexibility index (Phi) is 4.84. The molecule has 0 aliphatic carbocycles. The van der Waals surface area contributed by atoms with E-state index in [9.17, 15) is 4.79 Å². The molecule has 2 aromatic heterocycles. The quantitative estimate of drug-likeness (QED) is 0.745. The minimum atomic E-state index is 0.163. The molecule has 0 bridgehead atoms. The summed E-state index contributed by atoms with van der Waals surface area (Å²) >= 11 is 0. The van der Waals surface area contributed by atoms with Crippen molar-refractivity contribution in [3.8, 4) is 17.2 Å². The molecule has 0 radical (unpaired) electrons. The van der Waals surface area contributed by atoms with Gasteiger partial charge in [-0.15, -0.1) is 0 Å². The number of aromatic amines is 1. The fourth-order valence-electron chi connectivity index (χ4n) is 3.54. The monoisotopic (exact) mass is 359 g/mol. The summed E-state index contributed by atoms with van der Waals surface area (Å²) < 4.78 is 0. The van der Waals surface area contributed by atoms with Gasteiger partial charge in [0.15, 0.2) is 5.65 Å². The van der Waals surface area contributed by atoms with Crippen LogP contribution in [-0.2, 0) is 11.2 Å². The zero-order valence-electron chi connectivity index (χ0n) is 15.0. The van der Waals surface area contributed by atoms with Gasteiger partial charge in [-0.1, -0.05) is 18.6 Å². The summed E-state index contributed by atoms with van der Waals surface area (Å²) in [5.41, 5.74) is 4.24. The van der Waals surface area contributed by atoms with Crippen LogP contribution in [0.4, 0.5) is 0 Å². The smallest absolute Gasteiger partial charge is 0.220 e. The van der Waals surface area contributed by atoms with E-state index in [1.165, 1.54) is 0 Å². The van der Waals surface area contributed by atoms with E-state index in [0.29, 0.717) is 17.6 Å². The number of carbonyl (C=O) groups excluding carboxylic acids is 1. The number of nitriles is 1. The van der Waals surface area contributed by atoms with Crippen LogP contribution >= 0.6 is 0 Å². The van der Waals surface area contributed by atoms with Crippen molar-refractivity contribution in [3.05, 3.63) is 47.9 Å². The minimum Gasteiger partial charge on any atom is -0.353 e. The Labute approximate surface area is 157 Å². The third kappa shape index (κ3) is 3.98. The number of carbonyl (C=O) groups is 1. The molecule has 1 unspecified atom stereocenters. The summed E-state index contributed by atoms with van der Waals surface area (Å²) in [5, 5.41) is 12.0. The number of hydrogen-bond donors (Lipinski definition) is 2. The summed E-state index contributed by atoms with van der Waals surface area (Å²) in [4.78, 5) is 24.1. The van der Waals surface area contributed by atoms with Crippen molar-refractivity contribution in [2.24, 2.45) is 0 Å². The molecule has 0 spiro atoms. The van der Waals surface area contributed by atoms with E-state index in [2.05, 4.69) is 26.3 Å².